The van der Waals surface area contributed by atoms with Crippen LogP contribution in [0, 0.1) is 17.0 Å². The first-order chi connectivity index (χ1) is 9.01. The molecule has 0 amide bonds. The van der Waals surface area contributed by atoms with Gasteiger partial charge in [0.05, 0.1) is 4.92 Å². The summed E-state index contributed by atoms with van der Waals surface area (Å²) in [4.78, 5) is 10.8. The first-order valence-corrected chi connectivity index (χ1v) is 7.78. The smallest absolute Gasteiger partial charge is 0.333 e. The van der Waals surface area contributed by atoms with Crippen LogP contribution in [0.15, 0.2) is 0 Å². The van der Waals surface area contributed by atoms with Crippen LogP contribution in [-0.2, 0) is 6.54 Å². The summed E-state index contributed by atoms with van der Waals surface area (Å²) in [6, 6.07) is 0. The Morgan fingerprint density at radius 2 is 2.26 bits per heavy atom. The van der Waals surface area contributed by atoms with Gasteiger partial charge in [-0.2, -0.15) is 16.9 Å². The normalized spacial score (nSPS) is 12.4. The Labute approximate surface area is 118 Å². The third kappa shape index (κ3) is 4.12. The molecule has 1 atom stereocenters. The average Bonchev–Trinajstić information content (AvgIpc) is 2.66. The summed E-state index contributed by atoms with van der Waals surface area (Å²) in [5, 5.41) is 19.1. The summed E-state index contributed by atoms with van der Waals surface area (Å²) < 4.78 is 1.71. The zero-order valence-corrected chi connectivity index (χ0v) is 12.8. The molecule has 19 heavy (non-hydrogen) atoms. The van der Waals surface area contributed by atoms with E-state index in [9.17, 15) is 10.1 Å². The number of aromatic nitrogens is 2. The molecular weight excluding hydrogens is 264 g/mol. The molecule has 6 nitrogen and oxygen atoms in total. The molecule has 0 aromatic carbocycles. The summed E-state index contributed by atoms with van der Waals surface area (Å²) in [7, 11) is 0. The van der Waals surface area contributed by atoms with E-state index in [0.717, 1.165) is 19.4 Å². The second-order valence-electron chi connectivity index (χ2n) is 4.52. The van der Waals surface area contributed by atoms with E-state index < -0.39 is 0 Å². The van der Waals surface area contributed by atoms with Crippen LogP contribution in [0.5, 0.6) is 0 Å². The molecule has 7 heteroatoms. The Bertz CT molecular complexity index is 434. The largest absolute Gasteiger partial charge is 0.364 e. The lowest BCUT2D eigenvalue weighted by atomic mass is 10.3. The molecule has 0 aliphatic rings. The topological polar surface area (TPSA) is 73.0 Å². The summed E-state index contributed by atoms with van der Waals surface area (Å²) in [6.45, 7) is 7.27. The Kier molecular flexibility index (Phi) is 6.14. The van der Waals surface area contributed by atoms with Gasteiger partial charge in [0, 0.05) is 18.3 Å². The third-order valence-corrected chi connectivity index (χ3v) is 4.00. The summed E-state index contributed by atoms with van der Waals surface area (Å²) in [5.41, 5.74) is 0.573. The highest BCUT2D eigenvalue weighted by Gasteiger charge is 2.24. The monoisotopic (exact) mass is 286 g/mol. The Morgan fingerprint density at radius 3 is 2.79 bits per heavy atom. The van der Waals surface area contributed by atoms with Gasteiger partial charge in [0.2, 0.25) is 5.82 Å². The molecule has 1 N–H and O–H groups in total. The van der Waals surface area contributed by atoms with Gasteiger partial charge in [0.1, 0.15) is 5.69 Å². The van der Waals surface area contributed by atoms with Crippen LogP contribution in [0.4, 0.5) is 11.5 Å². The predicted molar refractivity (Wildman–Crippen MR) is 80.0 cm³/mol. The minimum atomic E-state index is -0.352. The lowest BCUT2D eigenvalue weighted by Crippen LogP contribution is -2.13. The van der Waals surface area contributed by atoms with Crippen LogP contribution in [0.2, 0.25) is 0 Å². The van der Waals surface area contributed by atoms with Gasteiger partial charge >= 0.3 is 5.69 Å². The molecular formula is C12H22N4O2S. The van der Waals surface area contributed by atoms with Gasteiger partial charge < -0.3 is 5.32 Å². The van der Waals surface area contributed by atoms with Crippen LogP contribution >= 0.6 is 11.8 Å². The Morgan fingerprint density at radius 1 is 1.58 bits per heavy atom. The molecule has 1 heterocycles. The Hall–Kier alpha value is -1.24. The van der Waals surface area contributed by atoms with Crippen molar-refractivity contribution >= 4 is 23.3 Å². The van der Waals surface area contributed by atoms with Gasteiger partial charge in [-0.05, 0) is 26.0 Å². The van der Waals surface area contributed by atoms with Crippen molar-refractivity contribution in [3.63, 3.8) is 0 Å². The first-order valence-electron chi connectivity index (χ1n) is 6.49. The maximum Gasteiger partial charge on any atom is 0.333 e. The number of nitrogens with zero attached hydrogens (tertiary/aromatic N) is 3. The molecule has 1 unspecified atom stereocenters. The zero-order chi connectivity index (χ0) is 14.4. The molecule has 0 fully saturated rings. The summed E-state index contributed by atoms with van der Waals surface area (Å²) in [5.74, 6) is 0.539. The molecule has 0 bridgehead atoms. The molecule has 1 aromatic heterocycles. The number of nitro groups is 1. The second kappa shape index (κ2) is 7.37. The van der Waals surface area contributed by atoms with Crippen molar-refractivity contribution in [1.29, 1.82) is 0 Å². The number of anilines is 1. The SMILES string of the molecule is CCCn1nc(C)c([N+](=O)[O-])c1NCCC(C)SC. The number of hydrogen-bond donors (Lipinski definition) is 1. The molecule has 0 aliphatic heterocycles. The average molecular weight is 286 g/mol. The van der Waals surface area contributed by atoms with E-state index in [4.69, 9.17) is 0 Å². The van der Waals surface area contributed by atoms with Crippen molar-refractivity contribution in [2.75, 3.05) is 18.1 Å². The lowest BCUT2D eigenvalue weighted by Gasteiger charge is -2.11. The van der Waals surface area contributed by atoms with Gasteiger partial charge in [0.25, 0.3) is 0 Å². The van der Waals surface area contributed by atoms with Crippen molar-refractivity contribution in [3.05, 3.63) is 15.8 Å². The molecule has 0 saturated heterocycles. The van der Waals surface area contributed by atoms with Crippen LogP contribution in [0.3, 0.4) is 0 Å². The van der Waals surface area contributed by atoms with E-state index in [1.165, 1.54) is 0 Å². The van der Waals surface area contributed by atoms with Crippen LogP contribution in [0.25, 0.3) is 0 Å². The van der Waals surface area contributed by atoms with E-state index in [-0.39, 0.29) is 10.6 Å². The fraction of sp³-hybridized carbons (Fsp3) is 0.750. The maximum absolute atomic E-state index is 11.1. The van der Waals surface area contributed by atoms with Crippen molar-refractivity contribution in [3.8, 4) is 0 Å². The maximum atomic E-state index is 11.1. The van der Waals surface area contributed by atoms with Gasteiger partial charge in [-0.1, -0.05) is 13.8 Å². The first kappa shape index (κ1) is 15.8. The minimum absolute atomic E-state index is 0.102. The molecule has 0 saturated carbocycles. The Balaban J connectivity index is 2.86. The molecule has 0 aliphatic carbocycles. The van der Waals surface area contributed by atoms with Gasteiger partial charge in [-0.15, -0.1) is 0 Å². The standard InChI is InChI=1S/C12H22N4O2S/c1-5-8-15-12(13-7-6-9(2)19-4)11(16(17)18)10(3)14-15/h9,13H,5-8H2,1-4H3. The summed E-state index contributed by atoms with van der Waals surface area (Å²) in [6.07, 6.45) is 3.93. The fourth-order valence-corrected chi connectivity index (χ4v) is 2.20. The number of thioether (sulfide) groups is 1. The second-order valence-corrected chi connectivity index (χ2v) is 5.80. The van der Waals surface area contributed by atoms with E-state index in [1.807, 2.05) is 6.92 Å². The fourth-order valence-electron chi connectivity index (χ4n) is 1.85. The number of hydrogen-bond acceptors (Lipinski definition) is 5. The predicted octanol–water partition coefficient (Wildman–Crippen LogP) is 3.06. The van der Waals surface area contributed by atoms with Gasteiger partial charge in [-0.3, -0.25) is 10.1 Å². The van der Waals surface area contributed by atoms with E-state index in [0.29, 0.717) is 23.3 Å². The number of rotatable bonds is 8. The van der Waals surface area contributed by atoms with Crippen LogP contribution in [0.1, 0.15) is 32.4 Å². The highest BCUT2D eigenvalue weighted by atomic mass is 32.2. The van der Waals surface area contributed by atoms with E-state index >= 15 is 0 Å². The molecule has 1 aromatic rings. The third-order valence-electron chi connectivity index (χ3n) is 2.96. The number of aryl methyl sites for hydroxylation is 2. The summed E-state index contributed by atoms with van der Waals surface area (Å²) >= 11 is 1.79. The highest BCUT2D eigenvalue weighted by molar-refractivity contribution is 7.99. The lowest BCUT2D eigenvalue weighted by molar-refractivity contribution is -0.384. The molecule has 0 radical (unpaired) electrons. The van der Waals surface area contributed by atoms with Crippen molar-refractivity contribution in [2.24, 2.45) is 0 Å². The van der Waals surface area contributed by atoms with E-state index in [2.05, 4.69) is 23.6 Å². The van der Waals surface area contributed by atoms with Crippen molar-refractivity contribution < 1.29 is 4.92 Å². The quantitative estimate of drug-likeness (QED) is 0.587. The number of nitrogens with one attached hydrogen (secondary N) is 1. The van der Waals surface area contributed by atoms with Gasteiger partial charge in [0.15, 0.2) is 0 Å². The molecule has 108 valence electrons. The van der Waals surface area contributed by atoms with Crippen LogP contribution < -0.4 is 5.32 Å². The van der Waals surface area contributed by atoms with E-state index in [1.54, 1.807) is 23.4 Å². The van der Waals surface area contributed by atoms with Crippen LogP contribution in [-0.4, -0.2) is 32.8 Å². The zero-order valence-electron chi connectivity index (χ0n) is 12.0. The minimum Gasteiger partial charge on any atom is -0.364 e. The van der Waals surface area contributed by atoms with Crippen molar-refractivity contribution in [1.82, 2.24) is 9.78 Å². The highest BCUT2D eigenvalue weighted by Crippen LogP contribution is 2.28. The molecule has 0 spiro atoms. The van der Waals surface area contributed by atoms with Crippen molar-refractivity contribution in [2.45, 2.75) is 45.4 Å². The molecule has 1 rings (SSSR count). The van der Waals surface area contributed by atoms with Gasteiger partial charge in [-0.25, -0.2) is 4.68 Å².